The number of hydrogen-bond donors (Lipinski definition) is 2. The van der Waals surface area contributed by atoms with E-state index in [-0.39, 0.29) is 17.7 Å². The fourth-order valence-corrected chi connectivity index (χ4v) is 2.29. The standard InChI is InChI=1S/C14H20N2O3/c1-14(9-19-8-12(14)15)13(18)16(2)7-10-3-5-11(17)6-4-10/h3-6,12,17H,7-9,15H2,1-2H3. The molecule has 19 heavy (non-hydrogen) atoms. The number of nitrogens with two attached hydrogens (primary N) is 1. The van der Waals surface area contributed by atoms with E-state index in [2.05, 4.69) is 0 Å². The number of rotatable bonds is 3. The van der Waals surface area contributed by atoms with E-state index in [9.17, 15) is 9.90 Å². The molecule has 1 aliphatic heterocycles. The highest BCUT2D eigenvalue weighted by Gasteiger charge is 2.45. The average molecular weight is 264 g/mol. The zero-order valence-corrected chi connectivity index (χ0v) is 11.3. The summed E-state index contributed by atoms with van der Waals surface area (Å²) in [5.74, 6) is 0.210. The second-order valence-corrected chi connectivity index (χ2v) is 5.37. The fraction of sp³-hybridized carbons (Fsp3) is 0.500. The predicted molar refractivity (Wildman–Crippen MR) is 71.5 cm³/mol. The Balaban J connectivity index is 2.05. The summed E-state index contributed by atoms with van der Waals surface area (Å²) in [6.07, 6.45) is 0. The van der Waals surface area contributed by atoms with Gasteiger partial charge < -0.3 is 20.5 Å². The number of benzene rings is 1. The average Bonchev–Trinajstić information content (AvgIpc) is 2.72. The zero-order valence-electron chi connectivity index (χ0n) is 11.3. The fourth-order valence-electron chi connectivity index (χ4n) is 2.29. The van der Waals surface area contributed by atoms with E-state index >= 15 is 0 Å². The molecule has 2 atom stereocenters. The van der Waals surface area contributed by atoms with Crippen LogP contribution in [0.25, 0.3) is 0 Å². The maximum absolute atomic E-state index is 12.5. The molecule has 104 valence electrons. The van der Waals surface area contributed by atoms with Crippen LogP contribution >= 0.6 is 0 Å². The van der Waals surface area contributed by atoms with Crippen molar-refractivity contribution < 1.29 is 14.6 Å². The molecule has 0 aliphatic carbocycles. The van der Waals surface area contributed by atoms with Crippen LogP contribution in [0.5, 0.6) is 5.75 Å². The smallest absolute Gasteiger partial charge is 0.232 e. The molecule has 3 N–H and O–H groups in total. The summed E-state index contributed by atoms with van der Waals surface area (Å²) >= 11 is 0. The summed E-state index contributed by atoms with van der Waals surface area (Å²) < 4.78 is 5.30. The molecular weight excluding hydrogens is 244 g/mol. The van der Waals surface area contributed by atoms with Gasteiger partial charge in [-0.3, -0.25) is 4.79 Å². The topological polar surface area (TPSA) is 75.8 Å². The number of hydrogen-bond acceptors (Lipinski definition) is 4. The molecular formula is C14H20N2O3. The van der Waals surface area contributed by atoms with E-state index in [1.165, 1.54) is 0 Å². The lowest BCUT2D eigenvalue weighted by Crippen LogP contribution is -2.50. The Kier molecular flexibility index (Phi) is 3.78. The van der Waals surface area contributed by atoms with Crippen LogP contribution in [0.3, 0.4) is 0 Å². The van der Waals surface area contributed by atoms with Gasteiger partial charge >= 0.3 is 0 Å². The van der Waals surface area contributed by atoms with Gasteiger partial charge in [0.05, 0.1) is 18.6 Å². The quantitative estimate of drug-likeness (QED) is 0.843. The Morgan fingerprint density at radius 3 is 2.68 bits per heavy atom. The summed E-state index contributed by atoms with van der Waals surface area (Å²) in [6.45, 7) is 3.13. The molecule has 2 unspecified atom stereocenters. The van der Waals surface area contributed by atoms with Crippen LogP contribution in [0.15, 0.2) is 24.3 Å². The Morgan fingerprint density at radius 1 is 1.53 bits per heavy atom. The van der Waals surface area contributed by atoms with Crippen LogP contribution in [0.1, 0.15) is 12.5 Å². The van der Waals surface area contributed by atoms with Gasteiger partial charge in [0.1, 0.15) is 5.75 Å². The Labute approximate surface area is 113 Å². The molecule has 5 heteroatoms. The van der Waals surface area contributed by atoms with E-state index in [1.54, 1.807) is 36.2 Å². The van der Waals surface area contributed by atoms with Crippen molar-refractivity contribution in [1.82, 2.24) is 4.90 Å². The van der Waals surface area contributed by atoms with Gasteiger partial charge in [-0.2, -0.15) is 0 Å². The lowest BCUT2D eigenvalue weighted by Gasteiger charge is -2.30. The minimum atomic E-state index is -0.647. The molecule has 0 aromatic heterocycles. The van der Waals surface area contributed by atoms with E-state index in [0.29, 0.717) is 19.8 Å². The van der Waals surface area contributed by atoms with Gasteiger partial charge in [0.15, 0.2) is 0 Å². The minimum Gasteiger partial charge on any atom is -0.508 e. The molecule has 1 amide bonds. The number of carbonyl (C=O) groups excluding carboxylic acids is 1. The molecule has 0 bridgehead atoms. The highest BCUT2D eigenvalue weighted by molar-refractivity contribution is 5.83. The number of phenolic OH excluding ortho intramolecular Hbond substituents is 1. The maximum atomic E-state index is 12.5. The van der Waals surface area contributed by atoms with Gasteiger partial charge in [-0.25, -0.2) is 0 Å². The number of aromatic hydroxyl groups is 1. The third kappa shape index (κ3) is 2.72. The Bertz CT molecular complexity index is 460. The lowest BCUT2D eigenvalue weighted by molar-refractivity contribution is -0.140. The third-order valence-electron chi connectivity index (χ3n) is 3.71. The number of amides is 1. The molecule has 0 radical (unpaired) electrons. The van der Waals surface area contributed by atoms with Gasteiger partial charge in [-0.1, -0.05) is 12.1 Å². The Morgan fingerprint density at radius 2 is 2.16 bits per heavy atom. The van der Waals surface area contributed by atoms with Gasteiger partial charge in [-0.05, 0) is 24.6 Å². The zero-order chi connectivity index (χ0) is 14.0. The normalized spacial score (nSPS) is 26.4. The predicted octanol–water partition coefficient (Wildman–Crippen LogP) is 0.714. The summed E-state index contributed by atoms with van der Waals surface area (Å²) in [7, 11) is 1.76. The lowest BCUT2D eigenvalue weighted by atomic mass is 9.84. The first-order chi connectivity index (χ1) is 8.93. The molecule has 2 rings (SSSR count). The molecule has 1 aromatic rings. The number of ether oxygens (including phenoxy) is 1. The number of nitrogens with zero attached hydrogens (tertiary/aromatic N) is 1. The molecule has 1 heterocycles. The van der Waals surface area contributed by atoms with Crippen molar-refractivity contribution in [2.75, 3.05) is 20.3 Å². The van der Waals surface area contributed by atoms with Crippen LogP contribution in [0.4, 0.5) is 0 Å². The van der Waals surface area contributed by atoms with Crippen LogP contribution in [0, 0.1) is 5.41 Å². The second kappa shape index (κ2) is 5.19. The van der Waals surface area contributed by atoms with E-state index in [4.69, 9.17) is 10.5 Å². The summed E-state index contributed by atoms with van der Waals surface area (Å²) in [6, 6.07) is 6.56. The van der Waals surface area contributed by atoms with Crippen molar-refractivity contribution in [3.05, 3.63) is 29.8 Å². The highest BCUT2D eigenvalue weighted by atomic mass is 16.5. The Hall–Kier alpha value is -1.59. The van der Waals surface area contributed by atoms with Gasteiger partial charge in [-0.15, -0.1) is 0 Å². The molecule has 0 saturated carbocycles. The second-order valence-electron chi connectivity index (χ2n) is 5.37. The minimum absolute atomic E-state index is 0.00873. The van der Waals surface area contributed by atoms with Crippen LogP contribution in [-0.4, -0.2) is 42.2 Å². The van der Waals surface area contributed by atoms with Crippen LogP contribution in [0.2, 0.25) is 0 Å². The number of phenols is 1. The molecule has 1 saturated heterocycles. The van der Waals surface area contributed by atoms with Crippen molar-refractivity contribution in [3.63, 3.8) is 0 Å². The van der Waals surface area contributed by atoms with E-state index in [1.807, 2.05) is 6.92 Å². The molecule has 1 fully saturated rings. The van der Waals surface area contributed by atoms with Crippen molar-refractivity contribution >= 4 is 5.91 Å². The van der Waals surface area contributed by atoms with Crippen molar-refractivity contribution in [1.29, 1.82) is 0 Å². The summed E-state index contributed by atoms with van der Waals surface area (Å²) in [5, 5.41) is 9.23. The maximum Gasteiger partial charge on any atom is 0.232 e. The van der Waals surface area contributed by atoms with Crippen LogP contribution in [-0.2, 0) is 16.1 Å². The monoisotopic (exact) mass is 264 g/mol. The summed E-state index contributed by atoms with van der Waals surface area (Å²) in [5.41, 5.74) is 6.28. The molecule has 5 nitrogen and oxygen atoms in total. The first kappa shape index (κ1) is 13.8. The first-order valence-electron chi connectivity index (χ1n) is 6.30. The highest BCUT2D eigenvalue weighted by Crippen LogP contribution is 2.29. The third-order valence-corrected chi connectivity index (χ3v) is 3.71. The van der Waals surface area contributed by atoms with Gasteiger partial charge in [0.2, 0.25) is 5.91 Å². The van der Waals surface area contributed by atoms with Crippen molar-refractivity contribution in [2.45, 2.75) is 19.5 Å². The van der Waals surface area contributed by atoms with Gasteiger partial charge in [0, 0.05) is 19.6 Å². The number of carbonyl (C=O) groups is 1. The SMILES string of the molecule is CN(Cc1ccc(O)cc1)C(=O)C1(C)COCC1N. The van der Waals surface area contributed by atoms with Gasteiger partial charge in [0.25, 0.3) is 0 Å². The van der Waals surface area contributed by atoms with Crippen molar-refractivity contribution in [2.24, 2.45) is 11.1 Å². The van der Waals surface area contributed by atoms with Crippen LogP contribution < -0.4 is 5.73 Å². The molecule has 1 aromatic carbocycles. The first-order valence-corrected chi connectivity index (χ1v) is 6.30. The van der Waals surface area contributed by atoms with E-state index in [0.717, 1.165) is 5.56 Å². The van der Waals surface area contributed by atoms with E-state index < -0.39 is 5.41 Å². The molecule has 1 aliphatic rings. The van der Waals surface area contributed by atoms with Crippen molar-refractivity contribution in [3.8, 4) is 5.75 Å². The summed E-state index contributed by atoms with van der Waals surface area (Å²) in [4.78, 5) is 14.1. The largest absolute Gasteiger partial charge is 0.508 e. The molecule has 0 spiro atoms.